The second kappa shape index (κ2) is 5.82. The molecule has 1 aromatic carbocycles. The minimum absolute atomic E-state index is 0. The van der Waals surface area contributed by atoms with Crippen molar-refractivity contribution in [2.45, 2.75) is 6.54 Å². The molecule has 0 atom stereocenters. The molecule has 0 aliphatic heterocycles. The maximum absolute atomic E-state index is 13.2. The summed E-state index contributed by atoms with van der Waals surface area (Å²) in [5.41, 5.74) is 5.49. The summed E-state index contributed by atoms with van der Waals surface area (Å²) >= 11 is 0. The number of halogens is 2. The van der Waals surface area contributed by atoms with E-state index >= 15 is 0 Å². The van der Waals surface area contributed by atoms with Gasteiger partial charge in [-0.2, -0.15) is 0 Å². The molecular formula is C7H10BClFNO3. The topological polar surface area (TPSA) is 75.7 Å². The molecule has 4 nitrogen and oxygen atoms in total. The molecule has 1 aromatic rings. The van der Waals surface area contributed by atoms with Gasteiger partial charge < -0.3 is 20.4 Å². The highest BCUT2D eigenvalue weighted by molar-refractivity contribution is 6.33. The van der Waals surface area contributed by atoms with Crippen LogP contribution in [0, 0.1) is 5.82 Å². The van der Waals surface area contributed by atoms with Crippen LogP contribution in [-0.2, 0) is 6.54 Å². The van der Waals surface area contributed by atoms with Crippen LogP contribution in [0.3, 0.4) is 0 Å². The lowest BCUT2D eigenvalue weighted by Gasteiger charge is -2.07. The van der Waals surface area contributed by atoms with Gasteiger partial charge in [-0.1, -0.05) is 12.1 Å². The zero-order valence-electron chi connectivity index (χ0n) is 7.18. The Bertz CT molecular complexity index is 300. The van der Waals surface area contributed by atoms with Crippen LogP contribution in [0.1, 0.15) is 5.56 Å². The molecule has 0 saturated heterocycles. The first-order valence-electron chi connectivity index (χ1n) is 3.65. The molecule has 14 heavy (non-hydrogen) atoms. The molecule has 0 aliphatic carbocycles. The molecule has 0 aromatic heterocycles. The summed E-state index contributed by atoms with van der Waals surface area (Å²) in [4.78, 5) is 0. The van der Waals surface area contributed by atoms with Crippen molar-refractivity contribution in [1.29, 1.82) is 0 Å². The van der Waals surface area contributed by atoms with Gasteiger partial charge in [0, 0.05) is 12.1 Å². The van der Waals surface area contributed by atoms with Gasteiger partial charge in [0.25, 0.3) is 0 Å². The molecule has 0 aliphatic rings. The van der Waals surface area contributed by atoms with E-state index in [-0.39, 0.29) is 30.3 Å². The summed E-state index contributed by atoms with van der Waals surface area (Å²) < 4.78 is 17.6. The molecule has 0 amide bonds. The Labute approximate surface area is 87.1 Å². The summed E-state index contributed by atoms with van der Waals surface area (Å²) in [5, 5.41) is 16.9. The highest BCUT2D eigenvalue weighted by Gasteiger charge is 2.15. The van der Waals surface area contributed by atoms with Crippen LogP contribution in [0.5, 0.6) is 5.75 Å². The Morgan fingerprint density at radius 1 is 1.43 bits per heavy atom. The quantitative estimate of drug-likeness (QED) is 0.631. The van der Waals surface area contributed by atoms with Crippen molar-refractivity contribution in [2.75, 3.05) is 0 Å². The Kier molecular flexibility index (Phi) is 5.48. The lowest BCUT2D eigenvalue weighted by atomic mass is 10.2. The minimum atomic E-state index is -2.03. The summed E-state index contributed by atoms with van der Waals surface area (Å²) in [5.74, 6) is -0.893. The normalized spacial score (nSPS) is 9.14. The van der Waals surface area contributed by atoms with Gasteiger partial charge in [-0.3, -0.25) is 0 Å². The van der Waals surface area contributed by atoms with Crippen molar-refractivity contribution < 1.29 is 19.1 Å². The lowest BCUT2D eigenvalue weighted by Crippen LogP contribution is -2.21. The number of benzene rings is 1. The SMILES string of the molecule is Cl.NCc1cccc(OB(O)O)c1F. The number of rotatable bonds is 3. The highest BCUT2D eigenvalue weighted by atomic mass is 35.5. The van der Waals surface area contributed by atoms with E-state index in [4.69, 9.17) is 15.8 Å². The van der Waals surface area contributed by atoms with E-state index in [0.717, 1.165) is 0 Å². The van der Waals surface area contributed by atoms with Crippen molar-refractivity contribution in [2.24, 2.45) is 5.73 Å². The molecule has 0 heterocycles. The second-order valence-corrected chi connectivity index (χ2v) is 2.38. The van der Waals surface area contributed by atoms with Gasteiger partial charge in [0.2, 0.25) is 0 Å². The molecule has 1 rings (SSSR count). The van der Waals surface area contributed by atoms with Crippen LogP contribution in [0.2, 0.25) is 0 Å². The fourth-order valence-electron chi connectivity index (χ4n) is 0.918. The molecule has 0 fully saturated rings. The maximum Gasteiger partial charge on any atom is 0.707 e. The van der Waals surface area contributed by atoms with Gasteiger partial charge in [0.15, 0.2) is 5.82 Å². The minimum Gasteiger partial charge on any atom is -0.510 e. The largest absolute Gasteiger partial charge is 0.707 e. The lowest BCUT2D eigenvalue weighted by molar-refractivity contribution is 0.281. The zero-order chi connectivity index (χ0) is 9.84. The first kappa shape index (κ1) is 13.2. The van der Waals surface area contributed by atoms with E-state index in [0.29, 0.717) is 0 Å². The molecular weight excluding hydrogens is 211 g/mol. The third-order valence-electron chi connectivity index (χ3n) is 1.50. The monoisotopic (exact) mass is 221 g/mol. The van der Waals surface area contributed by atoms with Crippen molar-refractivity contribution in [3.8, 4) is 5.75 Å². The van der Waals surface area contributed by atoms with Crippen LogP contribution in [-0.4, -0.2) is 17.4 Å². The average molecular weight is 221 g/mol. The van der Waals surface area contributed by atoms with E-state index in [2.05, 4.69) is 4.65 Å². The third-order valence-corrected chi connectivity index (χ3v) is 1.50. The van der Waals surface area contributed by atoms with E-state index in [9.17, 15) is 4.39 Å². The van der Waals surface area contributed by atoms with E-state index in [1.54, 1.807) is 0 Å². The molecule has 0 saturated carbocycles. The van der Waals surface area contributed by atoms with Gasteiger partial charge in [-0.15, -0.1) is 12.4 Å². The van der Waals surface area contributed by atoms with Crippen LogP contribution in [0.4, 0.5) is 4.39 Å². The average Bonchev–Trinajstić information content (AvgIpc) is 2.08. The van der Waals surface area contributed by atoms with Crippen LogP contribution in [0.25, 0.3) is 0 Å². The van der Waals surface area contributed by atoms with Crippen LogP contribution >= 0.6 is 12.4 Å². The first-order chi connectivity index (χ1) is 6.15. The van der Waals surface area contributed by atoms with E-state index < -0.39 is 13.1 Å². The standard InChI is InChI=1S/C7H9BFNO3.ClH/c9-7-5(4-10)2-1-3-6(7)13-8(11)12;/h1-3,11-12H,4,10H2;1H. The Hall–Kier alpha value is -0.815. The number of hydrogen-bond acceptors (Lipinski definition) is 4. The predicted octanol–water partition coefficient (Wildman–Crippen LogP) is 0.0545. The van der Waals surface area contributed by atoms with Gasteiger partial charge >= 0.3 is 7.32 Å². The van der Waals surface area contributed by atoms with Crippen LogP contribution < -0.4 is 10.4 Å². The first-order valence-corrected chi connectivity index (χ1v) is 3.65. The summed E-state index contributed by atoms with van der Waals surface area (Å²) in [6.07, 6.45) is 0. The Morgan fingerprint density at radius 3 is 2.57 bits per heavy atom. The van der Waals surface area contributed by atoms with Crippen molar-refractivity contribution in [3.05, 3.63) is 29.6 Å². The molecule has 0 spiro atoms. The molecule has 78 valence electrons. The fraction of sp³-hybridized carbons (Fsp3) is 0.143. The Balaban J connectivity index is 0.00000169. The molecule has 0 unspecified atom stereocenters. The second-order valence-electron chi connectivity index (χ2n) is 2.38. The molecule has 0 radical (unpaired) electrons. The van der Waals surface area contributed by atoms with Gasteiger partial charge in [-0.25, -0.2) is 4.39 Å². The summed E-state index contributed by atoms with van der Waals surface area (Å²) in [6, 6.07) is 4.29. The zero-order valence-corrected chi connectivity index (χ0v) is 8.00. The molecule has 4 N–H and O–H groups in total. The van der Waals surface area contributed by atoms with E-state index in [1.807, 2.05) is 0 Å². The number of hydrogen-bond donors (Lipinski definition) is 3. The Morgan fingerprint density at radius 2 is 2.07 bits per heavy atom. The fourth-order valence-corrected chi connectivity index (χ4v) is 0.918. The maximum atomic E-state index is 13.2. The van der Waals surface area contributed by atoms with Crippen molar-refractivity contribution in [3.63, 3.8) is 0 Å². The smallest absolute Gasteiger partial charge is 0.510 e. The summed E-state index contributed by atoms with van der Waals surface area (Å²) in [7, 11) is -2.03. The third kappa shape index (κ3) is 3.15. The van der Waals surface area contributed by atoms with Crippen LogP contribution in [0.15, 0.2) is 18.2 Å². The number of nitrogens with two attached hydrogens (primary N) is 1. The molecule has 0 bridgehead atoms. The van der Waals surface area contributed by atoms with Gasteiger partial charge in [-0.05, 0) is 6.07 Å². The van der Waals surface area contributed by atoms with Gasteiger partial charge in [0.05, 0.1) is 0 Å². The predicted molar refractivity (Wildman–Crippen MR) is 52.4 cm³/mol. The highest BCUT2D eigenvalue weighted by Crippen LogP contribution is 2.19. The van der Waals surface area contributed by atoms with E-state index in [1.165, 1.54) is 18.2 Å². The van der Waals surface area contributed by atoms with Gasteiger partial charge in [0.1, 0.15) is 5.75 Å². The molecule has 7 heteroatoms. The van der Waals surface area contributed by atoms with Crippen molar-refractivity contribution >= 4 is 19.7 Å². The summed E-state index contributed by atoms with van der Waals surface area (Å²) in [6.45, 7) is 0.0323. The van der Waals surface area contributed by atoms with Crippen molar-refractivity contribution in [1.82, 2.24) is 0 Å².